The number of carbonyl (C=O) groups excluding carboxylic acids is 1. The van der Waals surface area contributed by atoms with Gasteiger partial charge in [0.25, 0.3) is 0 Å². The van der Waals surface area contributed by atoms with E-state index < -0.39 is 0 Å². The summed E-state index contributed by atoms with van der Waals surface area (Å²) in [5, 5.41) is 0. The van der Waals surface area contributed by atoms with E-state index in [9.17, 15) is 4.79 Å². The first kappa shape index (κ1) is 10.2. The van der Waals surface area contributed by atoms with Crippen molar-refractivity contribution < 1.29 is 4.79 Å². The lowest BCUT2D eigenvalue weighted by Crippen LogP contribution is -2.05. The highest BCUT2D eigenvalue weighted by atomic mass is 16.1. The van der Waals surface area contributed by atoms with Crippen LogP contribution in [0.25, 0.3) is 0 Å². The quantitative estimate of drug-likeness (QED) is 0.730. The molecular formula is C14H15O. The monoisotopic (exact) mass is 199 g/mol. The fourth-order valence-corrected chi connectivity index (χ4v) is 2.01. The van der Waals surface area contributed by atoms with Gasteiger partial charge in [-0.3, -0.25) is 0 Å². The second-order valence-corrected chi connectivity index (χ2v) is 4.03. The molecule has 2 rings (SSSR count). The fourth-order valence-electron chi connectivity index (χ4n) is 2.01. The second-order valence-electron chi connectivity index (χ2n) is 4.03. The molecule has 0 heterocycles. The molecule has 1 aromatic carbocycles. The van der Waals surface area contributed by atoms with Crippen LogP contribution < -0.4 is 0 Å². The summed E-state index contributed by atoms with van der Waals surface area (Å²) in [6.45, 7) is 1.66. The number of hydrogen-bond acceptors (Lipinski definition) is 1. The van der Waals surface area contributed by atoms with Crippen molar-refractivity contribution in [3.63, 3.8) is 0 Å². The molecule has 1 unspecified atom stereocenters. The molecule has 0 fully saturated rings. The maximum absolute atomic E-state index is 11.0. The Bertz CT molecular complexity index is 390. The van der Waals surface area contributed by atoms with Crippen LogP contribution in [0.2, 0.25) is 0 Å². The normalized spacial score (nSPS) is 18.6. The number of benzene rings is 1. The number of hydrogen-bond donors (Lipinski definition) is 0. The molecule has 0 amide bonds. The Morgan fingerprint density at radius 1 is 1.33 bits per heavy atom. The zero-order valence-electron chi connectivity index (χ0n) is 8.94. The Morgan fingerprint density at radius 3 is 2.93 bits per heavy atom. The van der Waals surface area contributed by atoms with Gasteiger partial charge in [0, 0.05) is 18.8 Å². The van der Waals surface area contributed by atoms with E-state index in [2.05, 4.69) is 42.8 Å². The minimum Gasteiger partial charge on any atom is -0.300 e. The summed E-state index contributed by atoms with van der Waals surface area (Å²) in [5.41, 5.74) is 2.63. The smallest absolute Gasteiger partial charge is 0.129 e. The van der Waals surface area contributed by atoms with E-state index in [0.29, 0.717) is 12.3 Å². The number of allylic oxidation sites excluding steroid dienone is 2. The fraction of sp³-hybridized carbons (Fsp3) is 0.286. The van der Waals surface area contributed by atoms with Gasteiger partial charge in [-0.1, -0.05) is 36.4 Å². The van der Waals surface area contributed by atoms with Crippen LogP contribution in [0.3, 0.4) is 0 Å². The van der Waals surface area contributed by atoms with E-state index in [1.807, 2.05) is 0 Å². The molecule has 77 valence electrons. The predicted molar refractivity (Wildman–Crippen MR) is 61.6 cm³/mol. The first-order valence-corrected chi connectivity index (χ1v) is 5.37. The Balaban J connectivity index is 2.15. The Hall–Kier alpha value is -1.37. The van der Waals surface area contributed by atoms with Crippen LogP contribution in [0.1, 0.15) is 36.8 Å². The number of ketones is 1. The van der Waals surface area contributed by atoms with E-state index in [-0.39, 0.29) is 5.78 Å². The van der Waals surface area contributed by atoms with Crippen LogP contribution in [-0.2, 0) is 4.79 Å². The molecule has 1 nitrogen and oxygen atoms in total. The number of rotatable bonds is 3. The molecule has 1 heteroatoms. The van der Waals surface area contributed by atoms with Gasteiger partial charge < -0.3 is 4.79 Å². The van der Waals surface area contributed by atoms with Gasteiger partial charge in [0.1, 0.15) is 5.78 Å². The summed E-state index contributed by atoms with van der Waals surface area (Å²) in [4.78, 5) is 11.0. The zero-order chi connectivity index (χ0) is 10.7. The Kier molecular flexibility index (Phi) is 3.00. The highest BCUT2D eigenvalue weighted by Gasteiger charge is 2.15. The topological polar surface area (TPSA) is 17.1 Å². The van der Waals surface area contributed by atoms with Crippen molar-refractivity contribution in [3.05, 3.63) is 54.0 Å². The lowest BCUT2D eigenvalue weighted by Gasteiger charge is -2.19. The second kappa shape index (κ2) is 4.43. The summed E-state index contributed by atoms with van der Waals surface area (Å²) < 4.78 is 0. The van der Waals surface area contributed by atoms with E-state index in [4.69, 9.17) is 0 Å². The molecule has 0 N–H and O–H groups in total. The SMILES string of the molecule is CC(=O)CCC1C=C[CH]c2ccccc21. The molecule has 0 spiro atoms. The predicted octanol–water partition coefficient (Wildman–Crippen LogP) is 3.26. The van der Waals surface area contributed by atoms with E-state index in [1.165, 1.54) is 11.1 Å². The molecule has 0 aliphatic heterocycles. The molecule has 0 saturated heterocycles. The van der Waals surface area contributed by atoms with Crippen LogP contribution in [0.5, 0.6) is 0 Å². The Labute approximate surface area is 90.8 Å². The van der Waals surface area contributed by atoms with Gasteiger partial charge in [0.2, 0.25) is 0 Å². The van der Waals surface area contributed by atoms with Crippen molar-refractivity contribution in [2.75, 3.05) is 0 Å². The van der Waals surface area contributed by atoms with Gasteiger partial charge in [0.15, 0.2) is 0 Å². The minimum atomic E-state index is 0.274. The van der Waals surface area contributed by atoms with Crippen LogP contribution in [0.4, 0.5) is 0 Å². The highest BCUT2D eigenvalue weighted by molar-refractivity contribution is 5.75. The van der Waals surface area contributed by atoms with Gasteiger partial charge in [0.05, 0.1) is 0 Å². The first-order valence-electron chi connectivity index (χ1n) is 5.37. The molecule has 1 radical (unpaired) electrons. The largest absolute Gasteiger partial charge is 0.300 e. The molecule has 1 atom stereocenters. The highest BCUT2D eigenvalue weighted by Crippen LogP contribution is 2.30. The lowest BCUT2D eigenvalue weighted by molar-refractivity contribution is -0.117. The van der Waals surface area contributed by atoms with Crippen LogP contribution in [0.15, 0.2) is 36.4 Å². The summed E-state index contributed by atoms with van der Waals surface area (Å²) in [5.74, 6) is 0.686. The summed E-state index contributed by atoms with van der Waals surface area (Å²) in [6, 6.07) is 8.39. The lowest BCUT2D eigenvalue weighted by atomic mass is 9.85. The average molecular weight is 199 g/mol. The minimum absolute atomic E-state index is 0.274. The average Bonchev–Trinajstić information content (AvgIpc) is 2.26. The van der Waals surface area contributed by atoms with E-state index >= 15 is 0 Å². The third kappa shape index (κ3) is 2.35. The van der Waals surface area contributed by atoms with E-state index in [1.54, 1.807) is 6.92 Å². The number of carbonyl (C=O) groups is 1. The van der Waals surface area contributed by atoms with Crippen molar-refractivity contribution in [1.82, 2.24) is 0 Å². The number of fused-ring (bicyclic) bond motifs is 1. The third-order valence-corrected chi connectivity index (χ3v) is 2.82. The summed E-state index contributed by atoms with van der Waals surface area (Å²) in [7, 11) is 0. The standard InChI is InChI=1S/C14H15O/c1-11(15)9-10-13-7-4-6-12-5-2-3-8-14(12)13/h2-8,13H,9-10H2,1H3. The zero-order valence-corrected chi connectivity index (χ0v) is 8.94. The van der Waals surface area contributed by atoms with Crippen LogP contribution in [-0.4, -0.2) is 5.78 Å². The molecule has 1 aliphatic rings. The maximum atomic E-state index is 11.0. The van der Waals surface area contributed by atoms with Crippen molar-refractivity contribution >= 4 is 5.78 Å². The Morgan fingerprint density at radius 2 is 2.13 bits per heavy atom. The van der Waals surface area contributed by atoms with Gasteiger partial charge in [-0.05, 0) is 24.5 Å². The van der Waals surface area contributed by atoms with Gasteiger partial charge in [-0.2, -0.15) is 0 Å². The molecule has 1 aliphatic carbocycles. The van der Waals surface area contributed by atoms with Crippen molar-refractivity contribution in [1.29, 1.82) is 0 Å². The van der Waals surface area contributed by atoms with Gasteiger partial charge >= 0.3 is 0 Å². The van der Waals surface area contributed by atoms with Crippen LogP contribution >= 0.6 is 0 Å². The first-order chi connectivity index (χ1) is 7.27. The molecule has 1 aromatic rings. The van der Waals surface area contributed by atoms with Crippen LogP contribution in [0, 0.1) is 6.42 Å². The molecule has 0 saturated carbocycles. The van der Waals surface area contributed by atoms with Crippen molar-refractivity contribution in [2.24, 2.45) is 0 Å². The molecular weight excluding hydrogens is 184 g/mol. The summed E-state index contributed by atoms with van der Waals surface area (Å²) >= 11 is 0. The molecule has 0 aromatic heterocycles. The van der Waals surface area contributed by atoms with Crippen molar-refractivity contribution in [2.45, 2.75) is 25.7 Å². The van der Waals surface area contributed by atoms with Gasteiger partial charge in [-0.25, -0.2) is 0 Å². The van der Waals surface area contributed by atoms with Crippen molar-refractivity contribution in [3.8, 4) is 0 Å². The summed E-state index contributed by atoms with van der Waals surface area (Å²) in [6.07, 6.45) is 8.00. The maximum Gasteiger partial charge on any atom is 0.129 e. The molecule has 0 bridgehead atoms. The van der Waals surface area contributed by atoms with E-state index in [0.717, 1.165) is 6.42 Å². The number of Topliss-reactive ketones (excluding diaryl/α,β-unsaturated/α-hetero) is 1. The van der Waals surface area contributed by atoms with Gasteiger partial charge in [-0.15, -0.1) is 0 Å². The molecule has 15 heavy (non-hydrogen) atoms. The third-order valence-electron chi connectivity index (χ3n) is 2.82.